The first kappa shape index (κ1) is 10.5. The Morgan fingerprint density at radius 3 is 3.00 bits per heavy atom. The van der Waals surface area contributed by atoms with Crippen molar-refractivity contribution >= 4 is 28.9 Å². The normalized spacial score (nSPS) is 10.1. The molecule has 1 amide bonds. The highest BCUT2D eigenvalue weighted by Crippen LogP contribution is 2.08. The molecule has 1 aromatic heterocycles. The Balaban J connectivity index is 2.73. The lowest BCUT2D eigenvalue weighted by molar-refractivity contribution is 0.0817. The van der Waals surface area contributed by atoms with Crippen LogP contribution in [0.25, 0.3) is 0 Å². The Kier molecular flexibility index (Phi) is 3.67. The van der Waals surface area contributed by atoms with Crippen molar-refractivity contribution in [2.75, 3.05) is 14.1 Å². The quantitative estimate of drug-likeness (QED) is 0.788. The van der Waals surface area contributed by atoms with Gasteiger partial charge in [0.1, 0.15) is 29.6 Å². The fourth-order valence-corrected chi connectivity index (χ4v) is 1.07. The van der Waals surface area contributed by atoms with Crippen LogP contribution in [0.2, 0.25) is 0 Å². The van der Waals surface area contributed by atoms with E-state index in [1.54, 1.807) is 43.2 Å². The molecule has 0 saturated carbocycles. The average molecular weight is 296 g/mol. The minimum atomic E-state index is -0.177. The molecule has 6 heteroatoms. The monoisotopic (exact) mass is 296 g/mol. The van der Waals surface area contributed by atoms with E-state index in [-0.39, 0.29) is 5.91 Å². The van der Waals surface area contributed by atoms with Crippen molar-refractivity contribution in [2.24, 2.45) is 0 Å². The van der Waals surface area contributed by atoms with Gasteiger partial charge in [0, 0.05) is 20.2 Å². The summed E-state index contributed by atoms with van der Waals surface area (Å²) in [5.41, 5.74) is 0.299. The zero-order chi connectivity index (χ0) is 9.84. The van der Waals surface area contributed by atoms with Gasteiger partial charge in [0.25, 0.3) is 5.91 Å². The molecule has 0 spiro atoms. The molecule has 0 unspecified atom stereocenters. The van der Waals surface area contributed by atoms with E-state index in [0.29, 0.717) is 18.1 Å². The highest BCUT2D eigenvalue weighted by molar-refractivity contribution is 14.1. The number of rotatable bonds is 3. The van der Waals surface area contributed by atoms with Crippen molar-refractivity contribution < 1.29 is 12.4 Å². The van der Waals surface area contributed by atoms with Gasteiger partial charge in [-0.2, -0.15) is 0 Å². The van der Waals surface area contributed by atoms with E-state index >= 15 is 0 Å². The van der Waals surface area contributed by atoms with Gasteiger partial charge in [-0.25, -0.2) is 0 Å². The number of hydrogen-bond donors (Lipinski definition) is 0. The van der Waals surface area contributed by atoms with Crippen molar-refractivity contribution in [1.29, 1.82) is 0 Å². The molecule has 1 rings (SSSR count). The summed E-state index contributed by atoms with van der Waals surface area (Å²) in [6.07, 6.45) is 0. The zero-order valence-corrected chi connectivity index (χ0v) is 9.44. The van der Waals surface area contributed by atoms with Gasteiger partial charge in [-0.15, -0.1) is 0 Å². The van der Waals surface area contributed by atoms with Gasteiger partial charge in [-0.3, -0.25) is 4.79 Å². The van der Waals surface area contributed by atoms with Crippen LogP contribution in [0, 0.1) is 0 Å². The van der Waals surface area contributed by atoms with Gasteiger partial charge in [0.2, 0.25) is 0 Å². The largest absolute Gasteiger partial charge is 0.358 e. The van der Waals surface area contributed by atoms with Crippen molar-refractivity contribution in [2.45, 2.75) is 6.61 Å². The molecule has 0 fully saturated rings. The highest BCUT2D eigenvalue weighted by atomic mass is 127. The van der Waals surface area contributed by atoms with E-state index in [2.05, 4.69) is 5.16 Å². The Hall–Kier alpha value is -0.630. The molecule has 0 aliphatic heterocycles. The summed E-state index contributed by atoms with van der Waals surface area (Å²) in [6, 6.07) is 1.57. The van der Waals surface area contributed by atoms with E-state index < -0.39 is 0 Å². The summed E-state index contributed by atoms with van der Waals surface area (Å²) in [7, 11) is 3.32. The van der Waals surface area contributed by atoms with Gasteiger partial charge in [0.15, 0.2) is 11.5 Å². The summed E-state index contributed by atoms with van der Waals surface area (Å²) >= 11 is 1.75. The molecular weight excluding hydrogens is 287 g/mol. The second kappa shape index (κ2) is 4.56. The van der Waals surface area contributed by atoms with Gasteiger partial charge >= 0.3 is 0 Å². The minimum Gasteiger partial charge on any atom is -0.358 e. The molecule has 0 atom stereocenters. The Morgan fingerprint density at radius 2 is 2.46 bits per heavy atom. The molecule has 5 nitrogen and oxygen atoms in total. The minimum absolute atomic E-state index is 0.177. The molecule has 0 bridgehead atoms. The maximum Gasteiger partial charge on any atom is 0.275 e. The number of nitrogens with zero attached hydrogens (tertiary/aromatic N) is 2. The molecule has 0 aliphatic carbocycles. The summed E-state index contributed by atoms with van der Waals surface area (Å²) in [4.78, 5) is 12.8. The first-order valence-electron chi connectivity index (χ1n) is 3.56. The van der Waals surface area contributed by atoms with Crippen LogP contribution in [0.3, 0.4) is 0 Å². The molecule has 1 heterocycles. The third kappa shape index (κ3) is 2.66. The third-order valence-corrected chi connectivity index (χ3v) is 1.69. The molecular formula is C7H9IN2O3. The molecule has 13 heavy (non-hydrogen) atoms. The maximum absolute atomic E-state index is 11.3. The van der Waals surface area contributed by atoms with Crippen LogP contribution in [0.1, 0.15) is 16.2 Å². The van der Waals surface area contributed by atoms with Crippen LogP contribution in [-0.2, 0) is 9.67 Å². The zero-order valence-electron chi connectivity index (χ0n) is 7.28. The fraction of sp³-hybridized carbons (Fsp3) is 0.429. The summed E-state index contributed by atoms with van der Waals surface area (Å²) in [6.45, 7) is 0.314. The van der Waals surface area contributed by atoms with Crippen molar-refractivity contribution in [3.05, 3.63) is 17.5 Å². The van der Waals surface area contributed by atoms with Crippen LogP contribution in [0.5, 0.6) is 0 Å². The van der Waals surface area contributed by atoms with Crippen LogP contribution in [0.15, 0.2) is 10.6 Å². The second-order valence-corrected chi connectivity index (χ2v) is 3.25. The number of carbonyl (C=O) groups is 1. The van der Waals surface area contributed by atoms with Gasteiger partial charge in [-0.1, -0.05) is 5.16 Å². The van der Waals surface area contributed by atoms with E-state index in [9.17, 15) is 4.79 Å². The van der Waals surface area contributed by atoms with E-state index in [4.69, 9.17) is 7.59 Å². The van der Waals surface area contributed by atoms with Gasteiger partial charge < -0.3 is 12.5 Å². The Morgan fingerprint density at radius 1 is 1.77 bits per heavy atom. The highest BCUT2D eigenvalue weighted by Gasteiger charge is 2.13. The average Bonchev–Trinajstić information content (AvgIpc) is 2.52. The molecule has 72 valence electrons. The molecule has 0 aromatic carbocycles. The van der Waals surface area contributed by atoms with Crippen LogP contribution < -0.4 is 0 Å². The van der Waals surface area contributed by atoms with Gasteiger partial charge in [-0.05, 0) is 0 Å². The third-order valence-electron chi connectivity index (χ3n) is 1.38. The van der Waals surface area contributed by atoms with Crippen molar-refractivity contribution in [3.63, 3.8) is 0 Å². The second-order valence-electron chi connectivity index (χ2n) is 2.63. The van der Waals surface area contributed by atoms with Crippen molar-refractivity contribution in [1.82, 2.24) is 10.1 Å². The van der Waals surface area contributed by atoms with Crippen LogP contribution >= 0.6 is 23.0 Å². The van der Waals surface area contributed by atoms with E-state index in [0.717, 1.165) is 0 Å². The van der Waals surface area contributed by atoms with Gasteiger partial charge in [0.05, 0.1) is 0 Å². The molecule has 0 radical (unpaired) electrons. The lowest BCUT2D eigenvalue weighted by Crippen LogP contribution is -2.21. The SMILES string of the molecule is CN(C)C(=O)c1cc(COI)on1. The van der Waals surface area contributed by atoms with E-state index in [1.807, 2.05) is 0 Å². The summed E-state index contributed by atoms with van der Waals surface area (Å²) in [5.74, 6) is 0.364. The lowest BCUT2D eigenvalue weighted by atomic mass is 10.3. The molecule has 0 N–H and O–H groups in total. The fourth-order valence-electron chi connectivity index (χ4n) is 0.765. The topological polar surface area (TPSA) is 55.6 Å². The van der Waals surface area contributed by atoms with Crippen LogP contribution in [0.4, 0.5) is 0 Å². The standard InChI is InChI=1S/C7H9IN2O3/c1-10(2)7(11)6-3-5(4-12-8)13-9-6/h3H,4H2,1-2H3. The first-order valence-corrected chi connectivity index (χ1v) is 4.44. The first-order chi connectivity index (χ1) is 6.15. The lowest BCUT2D eigenvalue weighted by Gasteiger charge is -2.05. The predicted molar refractivity (Wildman–Crippen MR) is 53.3 cm³/mol. The number of amides is 1. The predicted octanol–water partition coefficient (Wildman–Crippen LogP) is 1.24. The number of aromatic nitrogens is 1. The smallest absolute Gasteiger partial charge is 0.275 e. The molecule has 1 aromatic rings. The molecule has 0 saturated heterocycles. The van der Waals surface area contributed by atoms with E-state index in [1.165, 1.54) is 4.90 Å². The Bertz CT molecular complexity index is 298. The number of halogens is 1. The summed E-state index contributed by atoms with van der Waals surface area (Å²) < 4.78 is 9.64. The maximum atomic E-state index is 11.3. The number of hydrogen-bond acceptors (Lipinski definition) is 4. The number of carbonyl (C=O) groups excluding carboxylic acids is 1. The Labute approximate surface area is 89.7 Å². The molecule has 0 aliphatic rings. The van der Waals surface area contributed by atoms with Crippen molar-refractivity contribution in [3.8, 4) is 0 Å². The summed E-state index contributed by atoms with van der Waals surface area (Å²) in [5, 5.41) is 3.61. The van der Waals surface area contributed by atoms with Crippen LogP contribution in [-0.4, -0.2) is 30.1 Å².